The molecule has 20 heavy (non-hydrogen) atoms. The number of rotatable bonds is 6. The van der Waals surface area contributed by atoms with Crippen molar-refractivity contribution in [3.05, 3.63) is 52.8 Å². The minimum absolute atomic E-state index is 0.0639. The zero-order valence-electron chi connectivity index (χ0n) is 10.9. The molecule has 0 saturated carbocycles. The molecule has 1 aromatic heterocycles. The fourth-order valence-electron chi connectivity index (χ4n) is 1.81. The van der Waals surface area contributed by atoms with Gasteiger partial charge in [-0.15, -0.1) is 0 Å². The van der Waals surface area contributed by atoms with E-state index in [1.807, 2.05) is 10.8 Å². The van der Waals surface area contributed by atoms with Gasteiger partial charge in [0.15, 0.2) is 0 Å². The third kappa shape index (κ3) is 4.16. The van der Waals surface area contributed by atoms with E-state index in [2.05, 4.69) is 26.2 Å². The van der Waals surface area contributed by atoms with Crippen LogP contribution < -0.4 is 5.32 Å². The largest absolute Gasteiger partial charge is 0.352 e. The Bertz CT molecular complexity index is 572. The number of aryl methyl sites for hydroxylation is 1. The molecule has 1 amide bonds. The molecule has 4 nitrogen and oxygen atoms in total. The second kappa shape index (κ2) is 7.19. The van der Waals surface area contributed by atoms with Gasteiger partial charge in [-0.1, -0.05) is 15.9 Å². The number of hydrogen-bond acceptors (Lipinski definition) is 2. The lowest BCUT2D eigenvalue weighted by Gasteiger charge is -2.07. The molecule has 1 N–H and O–H groups in total. The maximum atomic E-state index is 13.5. The smallest absolute Gasteiger partial charge is 0.254 e. The van der Waals surface area contributed by atoms with E-state index in [1.165, 1.54) is 12.1 Å². The Labute approximate surface area is 125 Å². The number of imidazole rings is 1. The average molecular weight is 340 g/mol. The number of aromatic nitrogens is 2. The van der Waals surface area contributed by atoms with Gasteiger partial charge in [-0.3, -0.25) is 4.79 Å². The molecular formula is C14H15BrFN3O. The second-order valence-corrected chi connectivity index (χ2v) is 5.30. The highest BCUT2D eigenvalue weighted by atomic mass is 79.9. The predicted octanol–water partition coefficient (Wildman–Crippen LogP) is 2.99. The Morgan fingerprint density at radius 1 is 1.40 bits per heavy atom. The maximum Gasteiger partial charge on any atom is 0.254 e. The SMILES string of the molecule is O=C(NCCCCn1ccnc1)c1cc(Br)ccc1F. The summed E-state index contributed by atoms with van der Waals surface area (Å²) in [6.45, 7) is 1.39. The van der Waals surface area contributed by atoms with Crippen LogP contribution in [0.15, 0.2) is 41.4 Å². The van der Waals surface area contributed by atoms with E-state index in [-0.39, 0.29) is 11.5 Å². The number of hydrogen-bond donors (Lipinski definition) is 1. The van der Waals surface area contributed by atoms with Crippen LogP contribution in [0.3, 0.4) is 0 Å². The summed E-state index contributed by atoms with van der Waals surface area (Å²) >= 11 is 3.22. The van der Waals surface area contributed by atoms with E-state index in [4.69, 9.17) is 0 Å². The third-order valence-corrected chi connectivity index (χ3v) is 3.35. The molecule has 0 radical (unpaired) electrons. The Hall–Kier alpha value is -1.69. The van der Waals surface area contributed by atoms with Gasteiger partial charge in [-0.2, -0.15) is 0 Å². The fourth-order valence-corrected chi connectivity index (χ4v) is 2.17. The van der Waals surface area contributed by atoms with Crippen molar-refractivity contribution in [3.8, 4) is 0 Å². The van der Waals surface area contributed by atoms with Crippen molar-refractivity contribution in [2.75, 3.05) is 6.54 Å². The number of carbonyl (C=O) groups excluding carboxylic acids is 1. The van der Waals surface area contributed by atoms with E-state index in [0.29, 0.717) is 11.0 Å². The number of halogens is 2. The minimum atomic E-state index is -0.510. The van der Waals surface area contributed by atoms with Crippen molar-refractivity contribution in [3.63, 3.8) is 0 Å². The maximum absolute atomic E-state index is 13.5. The summed E-state index contributed by atoms with van der Waals surface area (Å²) < 4.78 is 16.2. The topological polar surface area (TPSA) is 46.9 Å². The van der Waals surface area contributed by atoms with Crippen molar-refractivity contribution in [1.29, 1.82) is 0 Å². The molecule has 0 aliphatic rings. The van der Waals surface area contributed by atoms with Crippen molar-refractivity contribution >= 4 is 21.8 Å². The van der Waals surface area contributed by atoms with Crippen LogP contribution in [0.2, 0.25) is 0 Å². The molecule has 0 fully saturated rings. The van der Waals surface area contributed by atoms with E-state index >= 15 is 0 Å². The van der Waals surface area contributed by atoms with Gasteiger partial charge in [0, 0.05) is 30.0 Å². The van der Waals surface area contributed by atoms with Crippen LogP contribution in [0.4, 0.5) is 4.39 Å². The first-order valence-corrected chi connectivity index (χ1v) is 7.15. The van der Waals surface area contributed by atoms with Crippen LogP contribution in [-0.2, 0) is 6.54 Å². The molecule has 2 rings (SSSR count). The summed E-state index contributed by atoms with van der Waals surface area (Å²) in [5, 5.41) is 2.72. The van der Waals surface area contributed by atoms with Crippen LogP contribution in [0.5, 0.6) is 0 Å². The minimum Gasteiger partial charge on any atom is -0.352 e. The molecule has 0 unspecified atom stereocenters. The molecule has 1 heterocycles. The van der Waals surface area contributed by atoms with E-state index in [9.17, 15) is 9.18 Å². The van der Waals surface area contributed by atoms with E-state index in [0.717, 1.165) is 19.4 Å². The molecular weight excluding hydrogens is 325 g/mol. The van der Waals surface area contributed by atoms with Crippen LogP contribution in [0.25, 0.3) is 0 Å². The van der Waals surface area contributed by atoms with Gasteiger partial charge >= 0.3 is 0 Å². The first-order valence-electron chi connectivity index (χ1n) is 6.36. The molecule has 0 saturated heterocycles. The zero-order chi connectivity index (χ0) is 14.4. The van der Waals surface area contributed by atoms with Crippen LogP contribution in [0, 0.1) is 5.82 Å². The molecule has 0 aliphatic heterocycles. The normalized spacial score (nSPS) is 10.5. The molecule has 1 aromatic carbocycles. The summed E-state index contributed by atoms with van der Waals surface area (Å²) in [7, 11) is 0. The van der Waals surface area contributed by atoms with Gasteiger partial charge in [0.1, 0.15) is 5.82 Å². The molecule has 0 bridgehead atoms. The Morgan fingerprint density at radius 2 is 2.25 bits per heavy atom. The quantitative estimate of drug-likeness (QED) is 0.822. The molecule has 106 valence electrons. The summed E-state index contributed by atoms with van der Waals surface area (Å²) in [4.78, 5) is 15.8. The lowest BCUT2D eigenvalue weighted by molar-refractivity contribution is 0.0949. The predicted molar refractivity (Wildman–Crippen MR) is 77.9 cm³/mol. The average Bonchev–Trinajstić information content (AvgIpc) is 2.94. The highest BCUT2D eigenvalue weighted by molar-refractivity contribution is 9.10. The number of carbonyl (C=O) groups is 1. The summed E-state index contributed by atoms with van der Waals surface area (Å²) in [6, 6.07) is 4.32. The van der Waals surface area contributed by atoms with E-state index in [1.54, 1.807) is 18.6 Å². The molecule has 2 aromatic rings. The number of unbranched alkanes of at least 4 members (excludes halogenated alkanes) is 1. The highest BCUT2D eigenvalue weighted by Gasteiger charge is 2.11. The monoisotopic (exact) mass is 339 g/mol. The fraction of sp³-hybridized carbons (Fsp3) is 0.286. The van der Waals surface area contributed by atoms with Gasteiger partial charge in [0.2, 0.25) is 0 Å². The van der Waals surface area contributed by atoms with Crippen LogP contribution in [-0.4, -0.2) is 22.0 Å². The van der Waals surface area contributed by atoms with Crippen LogP contribution in [0.1, 0.15) is 23.2 Å². The van der Waals surface area contributed by atoms with Gasteiger partial charge in [0.05, 0.1) is 11.9 Å². The van der Waals surface area contributed by atoms with Crippen LogP contribution >= 0.6 is 15.9 Å². The lowest BCUT2D eigenvalue weighted by atomic mass is 10.2. The highest BCUT2D eigenvalue weighted by Crippen LogP contribution is 2.15. The Kier molecular flexibility index (Phi) is 5.29. The van der Waals surface area contributed by atoms with Crippen molar-refractivity contribution in [1.82, 2.24) is 14.9 Å². The van der Waals surface area contributed by atoms with E-state index < -0.39 is 5.82 Å². The van der Waals surface area contributed by atoms with Gasteiger partial charge < -0.3 is 9.88 Å². The Balaban J connectivity index is 1.73. The van der Waals surface area contributed by atoms with Gasteiger partial charge in [-0.05, 0) is 31.0 Å². The number of benzene rings is 1. The zero-order valence-corrected chi connectivity index (χ0v) is 12.4. The lowest BCUT2D eigenvalue weighted by Crippen LogP contribution is -2.25. The molecule has 0 spiro atoms. The second-order valence-electron chi connectivity index (χ2n) is 4.39. The van der Waals surface area contributed by atoms with Crippen molar-refractivity contribution in [2.45, 2.75) is 19.4 Å². The number of nitrogens with one attached hydrogen (secondary N) is 1. The van der Waals surface area contributed by atoms with Crippen molar-refractivity contribution < 1.29 is 9.18 Å². The summed E-state index contributed by atoms with van der Waals surface area (Å²) in [5.41, 5.74) is 0.0639. The van der Waals surface area contributed by atoms with Gasteiger partial charge in [0.25, 0.3) is 5.91 Å². The standard InChI is InChI=1S/C14H15BrFN3O/c15-11-3-4-13(16)12(9-11)14(20)18-5-1-2-7-19-8-6-17-10-19/h3-4,6,8-10H,1-2,5,7H2,(H,18,20). The summed E-state index contributed by atoms with van der Waals surface area (Å²) in [5.74, 6) is -0.893. The molecule has 6 heteroatoms. The van der Waals surface area contributed by atoms with Crippen molar-refractivity contribution in [2.24, 2.45) is 0 Å². The molecule has 0 atom stereocenters. The summed E-state index contributed by atoms with van der Waals surface area (Å²) in [6.07, 6.45) is 7.15. The number of nitrogens with zero attached hydrogens (tertiary/aromatic N) is 2. The van der Waals surface area contributed by atoms with Gasteiger partial charge in [-0.25, -0.2) is 9.37 Å². The third-order valence-electron chi connectivity index (χ3n) is 2.86. The first kappa shape index (κ1) is 14.7. The first-order chi connectivity index (χ1) is 9.66. The Morgan fingerprint density at radius 3 is 3.00 bits per heavy atom. The molecule has 0 aliphatic carbocycles. The number of amides is 1.